The molecule has 0 unspecified atom stereocenters. The first-order chi connectivity index (χ1) is 5.87. The predicted molar refractivity (Wildman–Crippen MR) is 43.3 cm³/mol. The number of rotatable bonds is 1. The number of aliphatic hydroxyl groups is 1. The molecule has 4 heteroatoms. The summed E-state index contributed by atoms with van der Waals surface area (Å²) in [5.41, 5.74) is -0.832. The Kier molecular flexibility index (Phi) is 2.90. The van der Waals surface area contributed by atoms with Gasteiger partial charge in [-0.3, -0.25) is 0 Å². The van der Waals surface area contributed by atoms with E-state index < -0.39 is 17.7 Å². The minimum atomic E-state index is -4.07. The molecule has 0 spiro atoms. The molecule has 0 heterocycles. The second kappa shape index (κ2) is 3.48. The van der Waals surface area contributed by atoms with Crippen molar-refractivity contribution in [2.24, 2.45) is 5.92 Å². The zero-order valence-electron chi connectivity index (χ0n) is 7.69. The van der Waals surface area contributed by atoms with Crippen molar-refractivity contribution < 1.29 is 18.3 Å². The number of alkyl halides is 3. The van der Waals surface area contributed by atoms with Crippen LogP contribution >= 0.6 is 0 Å². The Balaban J connectivity index is 2.48. The summed E-state index contributed by atoms with van der Waals surface area (Å²) in [4.78, 5) is 0. The molecule has 1 rings (SSSR count). The third kappa shape index (κ3) is 2.59. The highest BCUT2D eigenvalue weighted by atomic mass is 19.4. The Bertz CT molecular complexity index is 168. The fraction of sp³-hybridized carbons (Fsp3) is 1.00. The molecule has 0 bridgehead atoms. The van der Waals surface area contributed by atoms with Crippen molar-refractivity contribution in [1.29, 1.82) is 0 Å². The smallest absolute Gasteiger partial charge is 0.390 e. The molecule has 78 valence electrons. The zero-order valence-corrected chi connectivity index (χ0v) is 7.69. The third-order valence-electron chi connectivity index (χ3n) is 3.04. The van der Waals surface area contributed by atoms with E-state index in [1.54, 1.807) is 0 Å². The summed E-state index contributed by atoms with van der Waals surface area (Å²) in [5.74, 6) is -1.20. The summed E-state index contributed by atoms with van der Waals surface area (Å²) in [6, 6.07) is 0. The van der Waals surface area contributed by atoms with E-state index in [9.17, 15) is 18.3 Å². The largest absolute Gasteiger partial charge is 0.391 e. The Labute approximate surface area is 75.9 Å². The van der Waals surface area contributed by atoms with E-state index in [1.165, 1.54) is 0 Å². The van der Waals surface area contributed by atoms with Crippen LogP contribution in [0.5, 0.6) is 0 Å². The summed E-state index contributed by atoms with van der Waals surface area (Å²) in [6.07, 6.45) is -2.80. The van der Waals surface area contributed by atoms with Gasteiger partial charge in [0.25, 0.3) is 0 Å². The highest BCUT2D eigenvalue weighted by Crippen LogP contribution is 2.41. The monoisotopic (exact) mass is 196 g/mol. The minimum absolute atomic E-state index is 0.0772. The SMILES string of the molecule is CCC1(O)CCC(C(F)(F)F)CC1. The van der Waals surface area contributed by atoms with Crippen LogP contribution in [0.3, 0.4) is 0 Å². The Morgan fingerprint density at radius 1 is 1.31 bits per heavy atom. The van der Waals surface area contributed by atoms with Crippen molar-refractivity contribution in [1.82, 2.24) is 0 Å². The fourth-order valence-electron chi connectivity index (χ4n) is 1.84. The molecule has 1 N–H and O–H groups in total. The molecule has 0 radical (unpaired) electrons. The molecule has 1 nitrogen and oxygen atoms in total. The first-order valence-electron chi connectivity index (χ1n) is 4.66. The Morgan fingerprint density at radius 3 is 2.08 bits per heavy atom. The van der Waals surface area contributed by atoms with E-state index in [0.29, 0.717) is 6.42 Å². The minimum Gasteiger partial charge on any atom is -0.390 e. The van der Waals surface area contributed by atoms with Crippen LogP contribution in [0, 0.1) is 5.92 Å². The maximum atomic E-state index is 12.2. The van der Waals surface area contributed by atoms with Crippen molar-refractivity contribution in [3.63, 3.8) is 0 Å². The molecule has 1 fully saturated rings. The zero-order chi connectivity index (χ0) is 10.1. The molecule has 13 heavy (non-hydrogen) atoms. The number of hydrogen-bond acceptors (Lipinski definition) is 1. The van der Waals surface area contributed by atoms with Crippen LogP contribution in [-0.2, 0) is 0 Å². The molecule has 0 aromatic rings. The van der Waals surface area contributed by atoms with Crippen molar-refractivity contribution in [2.75, 3.05) is 0 Å². The average molecular weight is 196 g/mol. The lowest BCUT2D eigenvalue weighted by atomic mass is 9.77. The van der Waals surface area contributed by atoms with Gasteiger partial charge in [-0.25, -0.2) is 0 Å². The van der Waals surface area contributed by atoms with E-state index >= 15 is 0 Å². The highest BCUT2D eigenvalue weighted by molar-refractivity contribution is 4.86. The molecule has 0 atom stereocenters. The highest BCUT2D eigenvalue weighted by Gasteiger charge is 2.44. The summed E-state index contributed by atoms with van der Waals surface area (Å²) < 4.78 is 36.6. The van der Waals surface area contributed by atoms with Gasteiger partial charge < -0.3 is 5.11 Å². The van der Waals surface area contributed by atoms with E-state index in [2.05, 4.69) is 0 Å². The first kappa shape index (κ1) is 10.8. The van der Waals surface area contributed by atoms with E-state index in [0.717, 1.165) is 0 Å². The van der Waals surface area contributed by atoms with Crippen LogP contribution in [-0.4, -0.2) is 16.9 Å². The lowest BCUT2D eigenvalue weighted by Crippen LogP contribution is -2.37. The molecule has 0 aliphatic heterocycles. The van der Waals surface area contributed by atoms with Gasteiger partial charge in [0, 0.05) is 0 Å². The van der Waals surface area contributed by atoms with Gasteiger partial charge in [-0.1, -0.05) is 6.92 Å². The number of hydrogen-bond donors (Lipinski definition) is 1. The van der Waals surface area contributed by atoms with Gasteiger partial charge in [0.2, 0.25) is 0 Å². The fourth-order valence-corrected chi connectivity index (χ4v) is 1.84. The van der Waals surface area contributed by atoms with Gasteiger partial charge >= 0.3 is 6.18 Å². The van der Waals surface area contributed by atoms with Crippen LogP contribution in [0.25, 0.3) is 0 Å². The van der Waals surface area contributed by atoms with Crippen LogP contribution in [0.15, 0.2) is 0 Å². The molecular formula is C9H15F3O. The van der Waals surface area contributed by atoms with E-state index in [1.807, 2.05) is 6.92 Å². The van der Waals surface area contributed by atoms with Crippen LogP contribution in [0.1, 0.15) is 39.0 Å². The topological polar surface area (TPSA) is 20.2 Å². The molecule has 0 amide bonds. The Hall–Kier alpha value is -0.250. The van der Waals surface area contributed by atoms with Gasteiger partial charge in [-0.05, 0) is 32.1 Å². The lowest BCUT2D eigenvalue weighted by molar-refractivity contribution is -0.192. The molecule has 1 aliphatic rings. The normalized spacial score (nSPS) is 36.2. The molecule has 0 aromatic heterocycles. The van der Waals surface area contributed by atoms with Gasteiger partial charge in [0.1, 0.15) is 0 Å². The van der Waals surface area contributed by atoms with Crippen LogP contribution < -0.4 is 0 Å². The van der Waals surface area contributed by atoms with Crippen molar-refractivity contribution in [3.8, 4) is 0 Å². The standard InChI is InChI=1S/C9H15F3O/c1-2-8(13)5-3-7(4-6-8)9(10,11)12/h7,13H,2-6H2,1H3. The maximum absolute atomic E-state index is 12.2. The lowest BCUT2D eigenvalue weighted by Gasteiger charge is -2.35. The van der Waals surface area contributed by atoms with Gasteiger partial charge in [-0.15, -0.1) is 0 Å². The molecular weight excluding hydrogens is 181 g/mol. The first-order valence-corrected chi connectivity index (χ1v) is 4.66. The summed E-state index contributed by atoms with van der Waals surface area (Å²) in [5, 5.41) is 9.70. The average Bonchev–Trinajstić information content (AvgIpc) is 2.04. The summed E-state index contributed by atoms with van der Waals surface area (Å²) in [6.45, 7) is 1.81. The molecule has 0 aromatic carbocycles. The second-order valence-corrected chi connectivity index (χ2v) is 3.89. The van der Waals surface area contributed by atoms with Crippen LogP contribution in [0.2, 0.25) is 0 Å². The predicted octanol–water partition coefficient (Wildman–Crippen LogP) is 2.88. The number of halogens is 3. The summed E-state index contributed by atoms with van der Waals surface area (Å²) in [7, 11) is 0. The summed E-state index contributed by atoms with van der Waals surface area (Å²) >= 11 is 0. The van der Waals surface area contributed by atoms with E-state index in [-0.39, 0.29) is 25.7 Å². The third-order valence-corrected chi connectivity index (χ3v) is 3.04. The van der Waals surface area contributed by atoms with Crippen molar-refractivity contribution in [3.05, 3.63) is 0 Å². The molecule has 1 aliphatic carbocycles. The van der Waals surface area contributed by atoms with Crippen molar-refractivity contribution in [2.45, 2.75) is 50.8 Å². The maximum Gasteiger partial charge on any atom is 0.391 e. The van der Waals surface area contributed by atoms with Gasteiger partial charge in [0.05, 0.1) is 11.5 Å². The van der Waals surface area contributed by atoms with Crippen LogP contribution in [0.4, 0.5) is 13.2 Å². The molecule has 1 saturated carbocycles. The molecule has 0 saturated heterocycles. The van der Waals surface area contributed by atoms with Crippen molar-refractivity contribution >= 4 is 0 Å². The van der Waals surface area contributed by atoms with Gasteiger partial charge in [-0.2, -0.15) is 13.2 Å². The Morgan fingerprint density at radius 2 is 1.77 bits per heavy atom. The van der Waals surface area contributed by atoms with Gasteiger partial charge in [0.15, 0.2) is 0 Å². The second-order valence-electron chi connectivity index (χ2n) is 3.89. The van der Waals surface area contributed by atoms with E-state index in [4.69, 9.17) is 0 Å². The quantitative estimate of drug-likeness (QED) is 0.683.